The number of hydrogen-bond donors (Lipinski definition) is 0. The molecule has 5 aliphatic rings. The van der Waals surface area contributed by atoms with Crippen molar-refractivity contribution in [2.24, 2.45) is 0 Å². The van der Waals surface area contributed by atoms with Gasteiger partial charge in [-0.05, 0) is 70.8 Å². The van der Waals surface area contributed by atoms with Crippen LogP contribution in [0.25, 0.3) is 50.0 Å². The molecule has 13 rings (SSSR count). The summed E-state index contributed by atoms with van der Waals surface area (Å²) in [5.74, 6) is 3.07. The molecule has 0 saturated carbocycles. The Bertz CT molecular complexity index is 2760. The zero-order chi connectivity index (χ0) is 29.5. The molecule has 2 spiro atoms. The fraction of sp³-hybridized carbons (Fsp3) is 0.0476. The molecular weight excluding hydrogens is 562 g/mol. The maximum absolute atomic E-state index is 6.86. The molecule has 0 bridgehead atoms. The molecule has 8 aromatic rings. The Kier molecular flexibility index (Phi) is 3.40. The molecule has 0 fully saturated rings. The first-order valence-corrected chi connectivity index (χ1v) is 16.0. The molecule has 210 valence electrons. The van der Waals surface area contributed by atoms with Gasteiger partial charge in [0.25, 0.3) is 5.82 Å². The van der Waals surface area contributed by atoms with Crippen LogP contribution in [-0.2, 0) is 11.1 Å². The average molecular weight is 586 g/mol. The van der Waals surface area contributed by atoms with Gasteiger partial charge in [-0.25, -0.2) is 0 Å². The first-order valence-electron chi connectivity index (χ1n) is 16.0. The van der Waals surface area contributed by atoms with Gasteiger partial charge < -0.3 is 4.74 Å². The SMILES string of the molecule is c1ccc2c(c1)-c1ccccc1C21c2ccc[n+]3c2-n2c4c1cccc4c1ccc4c(c12)C31c2c(cccc2-c2cccc[n+]21)O4. The number of aromatic nitrogens is 3. The Labute approximate surface area is 263 Å². The summed E-state index contributed by atoms with van der Waals surface area (Å²) in [7, 11) is 0. The fourth-order valence-electron chi connectivity index (χ4n) is 10.3. The Morgan fingerprint density at radius 1 is 0.478 bits per heavy atom. The number of para-hydroxylation sites is 1. The van der Waals surface area contributed by atoms with Crippen molar-refractivity contribution in [2.45, 2.75) is 11.1 Å². The van der Waals surface area contributed by atoms with E-state index in [9.17, 15) is 0 Å². The smallest absolute Gasteiger partial charge is 0.374 e. The van der Waals surface area contributed by atoms with Crippen LogP contribution in [0.2, 0.25) is 0 Å². The van der Waals surface area contributed by atoms with Gasteiger partial charge in [-0.3, -0.25) is 0 Å². The predicted octanol–water partition coefficient (Wildman–Crippen LogP) is 7.73. The number of benzene rings is 5. The lowest BCUT2D eigenvalue weighted by Gasteiger charge is -2.40. The fourth-order valence-corrected chi connectivity index (χ4v) is 10.3. The van der Waals surface area contributed by atoms with E-state index in [1.54, 1.807) is 0 Å². The van der Waals surface area contributed by atoms with E-state index >= 15 is 0 Å². The van der Waals surface area contributed by atoms with E-state index in [0.717, 1.165) is 11.5 Å². The largest absolute Gasteiger partial charge is 0.456 e. The van der Waals surface area contributed by atoms with Gasteiger partial charge in [0.15, 0.2) is 17.3 Å². The lowest BCUT2D eigenvalue weighted by atomic mass is 9.66. The van der Waals surface area contributed by atoms with Gasteiger partial charge in [0.05, 0.1) is 22.7 Å². The van der Waals surface area contributed by atoms with Crippen molar-refractivity contribution in [1.82, 2.24) is 4.57 Å². The molecule has 3 aromatic heterocycles. The van der Waals surface area contributed by atoms with Crippen LogP contribution in [-0.4, -0.2) is 4.57 Å². The maximum atomic E-state index is 6.86. The summed E-state index contributed by atoms with van der Waals surface area (Å²) < 4.78 is 14.5. The molecule has 1 unspecified atom stereocenters. The van der Waals surface area contributed by atoms with Crippen LogP contribution in [0.1, 0.15) is 33.4 Å². The second-order valence-corrected chi connectivity index (χ2v) is 13.2. The highest BCUT2D eigenvalue weighted by Gasteiger charge is 2.69. The van der Waals surface area contributed by atoms with E-state index < -0.39 is 11.1 Å². The zero-order valence-corrected chi connectivity index (χ0v) is 24.5. The van der Waals surface area contributed by atoms with Gasteiger partial charge in [0.2, 0.25) is 5.69 Å². The molecule has 0 saturated heterocycles. The molecule has 5 aromatic carbocycles. The molecule has 4 aliphatic heterocycles. The second kappa shape index (κ2) is 6.95. The van der Waals surface area contributed by atoms with Gasteiger partial charge in [-0.15, -0.1) is 4.57 Å². The molecule has 1 atom stereocenters. The lowest BCUT2D eigenvalue weighted by Crippen LogP contribution is -2.76. The van der Waals surface area contributed by atoms with E-state index in [0.29, 0.717) is 0 Å². The van der Waals surface area contributed by atoms with Gasteiger partial charge in [-0.2, -0.15) is 9.13 Å². The van der Waals surface area contributed by atoms with Crippen molar-refractivity contribution < 1.29 is 13.9 Å². The normalized spacial score (nSPS) is 18.4. The summed E-state index contributed by atoms with van der Waals surface area (Å²) >= 11 is 0. The van der Waals surface area contributed by atoms with Gasteiger partial charge in [-0.1, -0.05) is 66.7 Å². The topological polar surface area (TPSA) is 21.9 Å². The second-order valence-electron chi connectivity index (χ2n) is 13.2. The van der Waals surface area contributed by atoms with Crippen LogP contribution in [0.3, 0.4) is 0 Å². The lowest BCUT2D eigenvalue weighted by molar-refractivity contribution is -0.961. The third-order valence-corrected chi connectivity index (χ3v) is 11.6. The molecule has 1 aliphatic carbocycles. The first kappa shape index (κ1) is 22.5. The molecule has 4 heteroatoms. The predicted molar refractivity (Wildman–Crippen MR) is 176 cm³/mol. The van der Waals surface area contributed by atoms with Gasteiger partial charge in [0, 0.05) is 28.5 Å². The molecule has 0 N–H and O–H groups in total. The summed E-state index contributed by atoms with van der Waals surface area (Å²) in [5, 5.41) is 2.55. The number of fused-ring (bicyclic) bond motifs is 10. The third-order valence-electron chi connectivity index (χ3n) is 11.6. The van der Waals surface area contributed by atoms with Crippen molar-refractivity contribution in [2.75, 3.05) is 0 Å². The third kappa shape index (κ3) is 1.98. The minimum atomic E-state index is -0.651. The van der Waals surface area contributed by atoms with Crippen LogP contribution in [0.5, 0.6) is 11.5 Å². The van der Waals surface area contributed by atoms with Crippen molar-refractivity contribution in [3.05, 3.63) is 173 Å². The van der Waals surface area contributed by atoms with Crippen LogP contribution < -0.4 is 13.9 Å². The Hall–Kier alpha value is -6.00. The van der Waals surface area contributed by atoms with Gasteiger partial charge in [0.1, 0.15) is 22.6 Å². The number of rotatable bonds is 0. The molecular formula is C42H23N3O+2. The summed E-state index contributed by atoms with van der Waals surface area (Å²) in [6.07, 6.45) is 4.58. The van der Waals surface area contributed by atoms with E-state index in [2.05, 4.69) is 153 Å². The molecule has 0 amide bonds. The summed E-state index contributed by atoms with van der Waals surface area (Å²) in [4.78, 5) is 0. The Morgan fingerprint density at radius 2 is 1.15 bits per heavy atom. The number of hydrogen-bond acceptors (Lipinski definition) is 1. The molecule has 0 radical (unpaired) electrons. The van der Waals surface area contributed by atoms with Crippen LogP contribution in [0, 0.1) is 0 Å². The summed E-state index contributed by atoms with van der Waals surface area (Å²) in [6.45, 7) is 0. The molecule has 7 heterocycles. The quantitative estimate of drug-likeness (QED) is 0.167. The highest BCUT2D eigenvalue weighted by Crippen LogP contribution is 2.63. The molecule has 4 nitrogen and oxygen atoms in total. The summed E-state index contributed by atoms with van der Waals surface area (Å²) in [6, 6.07) is 47.4. The highest BCUT2D eigenvalue weighted by atomic mass is 16.5. The standard InChI is InChI=1S/C42H23N3O/c1-3-14-29-24(10-1)25-11-2-4-15-30(25)41(29)31-16-7-12-26-27-20-21-35-37-39(27)45(38(26)31)40-32(41)17-9-23-44(40)42(37)36-28(13-8-19-34(36)46-35)33-18-5-6-22-43(33)42/h1-23H/q+2. The van der Waals surface area contributed by atoms with E-state index in [4.69, 9.17) is 4.74 Å². The summed E-state index contributed by atoms with van der Waals surface area (Å²) in [5.41, 5.74) is 14.2. The van der Waals surface area contributed by atoms with E-state index in [1.165, 1.54) is 83.4 Å². The Balaban J connectivity index is 1.36. The number of nitrogens with zero attached hydrogens (tertiary/aromatic N) is 3. The monoisotopic (exact) mass is 585 g/mol. The highest BCUT2D eigenvalue weighted by molar-refractivity contribution is 6.14. The average Bonchev–Trinajstić information content (AvgIpc) is 3.72. The van der Waals surface area contributed by atoms with Crippen molar-refractivity contribution >= 4 is 21.8 Å². The minimum absolute atomic E-state index is 0.470. The molecule has 46 heavy (non-hydrogen) atoms. The van der Waals surface area contributed by atoms with Crippen LogP contribution in [0.15, 0.2) is 140 Å². The van der Waals surface area contributed by atoms with Gasteiger partial charge >= 0.3 is 5.66 Å². The van der Waals surface area contributed by atoms with Crippen LogP contribution >= 0.6 is 0 Å². The van der Waals surface area contributed by atoms with Crippen LogP contribution in [0.4, 0.5) is 0 Å². The van der Waals surface area contributed by atoms with Crippen molar-refractivity contribution in [3.8, 4) is 39.7 Å². The minimum Gasteiger partial charge on any atom is -0.456 e. The Morgan fingerprint density at radius 3 is 2.02 bits per heavy atom. The number of pyridine rings is 2. The van der Waals surface area contributed by atoms with E-state index in [-0.39, 0.29) is 0 Å². The van der Waals surface area contributed by atoms with E-state index in [1.807, 2.05) is 0 Å². The van der Waals surface area contributed by atoms with Crippen molar-refractivity contribution in [3.63, 3.8) is 0 Å². The first-order chi connectivity index (χ1) is 22.8. The van der Waals surface area contributed by atoms with Crippen molar-refractivity contribution in [1.29, 1.82) is 0 Å². The zero-order valence-electron chi connectivity index (χ0n) is 24.5. The number of ether oxygens (including phenoxy) is 1. The maximum Gasteiger partial charge on any atom is 0.374 e.